The second-order valence-electron chi connectivity index (χ2n) is 4.93. The van der Waals surface area contributed by atoms with E-state index in [1.807, 2.05) is 0 Å². The number of benzene rings is 1. The van der Waals surface area contributed by atoms with Crippen molar-refractivity contribution in [2.24, 2.45) is 5.73 Å². The summed E-state index contributed by atoms with van der Waals surface area (Å²) < 4.78 is 0. The van der Waals surface area contributed by atoms with Crippen LogP contribution in [0.25, 0.3) is 0 Å². The lowest BCUT2D eigenvalue weighted by Gasteiger charge is -2.18. The van der Waals surface area contributed by atoms with E-state index in [0.29, 0.717) is 5.56 Å². The Kier molecular flexibility index (Phi) is 4.40. The predicted molar refractivity (Wildman–Crippen MR) is 76.3 cm³/mol. The molecule has 0 aromatic heterocycles. The summed E-state index contributed by atoms with van der Waals surface area (Å²) in [5.74, 6) is -1.82. The van der Waals surface area contributed by atoms with Gasteiger partial charge in [0.15, 0.2) is 0 Å². The Morgan fingerprint density at radius 2 is 1.91 bits per heavy atom. The zero-order valence-electron chi connectivity index (χ0n) is 12.0. The molecule has 1 heterocycles. The number of rotatable bonds is 5. The van der Waals surface area contributed by atoms with Gasteiger partial charge in [0.05, 0.1) is 0 Å². The third-order valence-corrected chi connectivity index (χ3v) is 3.26. The van der Waals surface area contributed by atoms with Crippen molar-refractivity contribution in [3.8, 4) is 0 Å². The lowest BCUT2D eigenvalue weighted by atomic mass is 10.1. The van der Waals surface area contributed by atoms with Gasteiger partial charge in [-0.25, -0.2) is 4.79 Å². The van der Waals surface area contributed by atoms with E-state index in [9.17, 15) is 19.2 Å². The Balaban J connectivity index is 2.05. The van der Waals surface area contributed by atoms with Crippen molar-refractivity contribution in [2.45, 2.75) is 6.04 Å². The standard InChI is InChI=1S/C14H16N4O4/c1-17-8-11(20)18(14(17)22)7-10(19)16-12(13(15)21)9-5-3-2-4-6-9/h2-6,12H,7-8H2,1H3,(H2,15,21)(H,16,19)/t12-/m0/s1. The molecule has 116 valence electrons. The largest absolute Gasteiger partial charge is 0.368 e. The topological polar surface area (TPSA) is 113 Å². The molecule has 2 rings (SSSR count). The van der Waals surface area contributed by atoms with Crippen molar-refractivity contribution in [1.29, 1.82) is 0 Å². The number of nitrogens with one attached hydrogen (secondary N) is 1. The number of hydrogen-bond donors (Lipinski definition) is 2. The average Bonchev–Trinajstić information content (AvgIpc) is 2.72. The first kappa shape index (κ1) is 15.5. The number of carbonyl (C=O) groups is 4. The van der Waals surface area contributed by atoms with Crippen LogP contribution in [0.2, 0.25) is 0 Å². The van der Waals surface area contributed by atoms with Crippen molar-refractivity contribution < 1.29 is 19.2 Å². The van der Waals surface area contributed by atoms with Crippen molar-refractivity contribution >= 4 is 23.8 Å². The summed E-state index contributed by atoms with van der Waals surface area (Å²) >= 11 is 0. The van der Waals surface area contributed by atoms with Crippen molar-refractivity contribution in [2.75, 3.05) is 20.1 Å². The third kappa shape index (κ3) is 3.22. The van der Waals surface area contributed by atoms with E-state index >= 15 is 0 Å². The fourth-order valence-electron chi connectivity index (χ4n) is 2.14. The zero-order valence-corrected chi connectivity index (χ0v) is 12.0. The van der Waals surface area contributed by atoms with E-state index < -0.39 is 36.3 Å². The highest BCUT2D eigenvalue weighted by Crippen LogP contribution is 2.12. The van der Waals surface area contributed by atoms with Crippen molar-refractivity contribution in [3.05, 3.63) is 35.9 Å². The van der Waals surface area contributed by atoms with Crippen molar-refractivity contribution in [1.82, 2.24) is 15.1 Å². The van der Waals surface area contributed by atoms with Crippen LogP contribution >= 0.6 is 0 Å². The van der Waals surface area contributed by atoms with Gasteiger partial charge in [-0.1, -0.05) is 30.3 Å². The molecule has 1 aromatic rings. The maximum absolute atomic E-state index is 12.0. The van der Waals surface area contributed by atoms with E-state index in [4.69, 9.17) is 5.73 Å². The number of nitrogens with zero attached hydrogens (tertiary/aromatic N) is 2. The normalized spacial score (nSPS) is 15.9. The van der Waals surface area contributed by atoms with Crippen LogP contribution in [0.5, 0.6) is 0 Å². The summed E-state index contributed by atoms with van der Waals surface area (Å²) in [7, 11) is 1.47. The summed E-state index contributed by atoms with van der Waals surface area (Å²) in [6, 6.07) is 6.92. The van der Waals surface area contributed by atoms with Crippen molar-refractivity contribution in [3.63, 3.8) is 0 Å². The Morgan fingerprint density at radius 1 is 1.27 bits per heavy atom. The molecule has 0 spiro atoms. The van der Waals surface area contributed by atoms with Crippen LogP contribution < -0.4 is 11.1 Å². The molecule has 0 unspecified atom stereocenters. The van der Waals surface area contributed by atoms with Gasteiger partial charge in [0.25, 0.3) is 5.91 Å². The van der Waals surface area contributed by atoms with Crippen LogP contribution in [-0.4, -0.2) is 53.7 Å². The number of likely N-dealkylation sites (N-methyl/N-ethyl adjacent to an activating group) is 1. The molecule has 1 saturated heterocycles. The van der Waals surface area contributed by atoms with Gasteiger partial charge in [-0.15, -0.1) is 0 Å². The molecule has 1 aliphatic heterocycles. The van der Waals surface area contributed by atoms with E-state index in [2.05, 4.69) is 5.32 Å². The molecular weight excluding hydrogens is 288 g/mol. The van der Waals surface area contributed by atoms with Crippen LogP contribution in [-0.2, 0) is 14.4 Å². The molecule has 3 N–H and O–H groups in total. The van der Waals surface area contributed by atoms with E-state index in [1.165, 1.54) is 11.9 Å². The van der Waals surface area contributed by atoms with Gasteiger partial charge >= 0.3 is 6.03 Å². The number of carbonyl (C=O) groups excluding carboxylic acids is 4. The highest BCUT2D eigenvalue weighted by molar-refractivity contribution is 6.04. The number of amides is 5. The Hall–Kier alpha value is -2.90. The number of primary amides is 1. The van der Waals surface area contributed by atoms with E-state index in [0.717, 1.165) is 4.90 Å². The number of imide groups is 1. The number of hydrogen-bond acceptors (Lipinski definition) is 4. The molecule has 0 radical (unpaired) electrons. The first-order chi connectivity index (χ1) is 10.4. The molecule has 8 nitrogen and oxygen atoms in total. The monoisotopic (exact) mass is 304 g/mol. The first-order valence-corrected chi connectivity index (χ1v) is 6.59. The number of nitrogens with two attached hydrogens (primary N) is 1. The van der Waals surface area contributed by atoms with Crippen LogP contribution in [0.4, 0.5) is 4.79 Å². The lowest BCUT2D eigenvalue weighted by Crippen LogP contribution is -2.44. The molecule has 0 bridgehead atoms. The average molecular weight is 304 g/mol. The van der Waals surface area contributed by atoms with Crippen LogP contribution in [0.1, 0.15) is 11.6 Å². The Labute approximate surface area is 126 Å². The first-order valence-electron chi connectivity index (χ1n) is 6.59. The third-order valence-electron chi connectivity index (χ3n) is 3.26. The molecule has 0 aliphatic carbocycles. The SMILES string of the molecule is CN1CC(=O)N(CC(=O)N[C@H](C(N)=O)c2ccccc2)C1=O. The molecule has 1 aliphatic rings. The second-order valence-corrected chi connectivity index (χ2v) is 4.93. The minimum atomic E-state index is -1.01. The summed E-state index contributed by atoms with van der Waals surface area (Å²) in [6.07, 6.45) is 0. The molecule has 5 amide bonds. The zero-order chi connectivity index (χ0) is 16.3. The smallest absolute Gasteiger partial charge is 0.327 e. The van der Waals surface area contributed by atoms with E-state index in [-0.39, 0.29) is 6.54 Å². The Bertz CT molecular complexity index is 617. The fourth-order valence-corrected chi connectivity index (χ4v) is 2.14. The molecule has 1 fully saturated rings. The van der Waals surface area contributed by atoms with Gasteiger partial charge in [0, 0.05) is 7.05 Å². The molecular formula is C14H16N4O4. The molecule has 8 heteroatoms. The quantitative estimate of drug-likeness (QED) is 0.695. The van der Waals surface area contributed by atoms with Gasteiger partial charge in [-0.2, -0.15) is 0 Å². The summed E-state index contributed by atoms with van der Waals surface area (Å²) in [5, 5.41) is 2.44. The lowest BCUT2D eigenvalue weighted by molar-refractivity contribution is -0.132. The second kappa shape index (κ2) is 6.25. The van der Waals surface area contributed by atoms with Crippen LogP contribution in [0.3, 0.4) is 0 Å². The number of urea groups is 1. The molecule has 1 aromatic carbocycles. The maximum atomic E-state index is 12.0. The van der Waals surface area contributed by atoms with Gasteiger partial charge in [0.2, 0.25) is 11.8 Å². The van der Waals surface area contributed by atoms with Gasteiger partial charge < -0.3 is 16.0 Å². The minimum absolute atomic E-state index is 0.0654. The highest BCUT2D eigenvalue weighted by atomic mass is 16.2. The molecule has 0 saturated carbocycles. The summed E-state index contributed by atoms with van der Waals surface area (Å²) in [4.78, 5) is 48.9. The van der Waals surface area contributed by atoms with Gasteiger partial charge in [-0.3, -0.25) is 19.3 Å². The van der Waals surface area contributed by atoms with E-state index in [1.54, 1.807) is 30.3 Å². The molecule has 1 atom stereocenters. The fraction of sp³-hybridized carbons (Fsp3) is 0.286. The van der Waals surface area contributed by atoms with Crippen LogP contribution in [0, 0.1) is 0 Å². The van der Waals surface area contributed by atoms with Gasteiger partial charge in [-0.05, 0) is 5.56 Å². The van der Waals surface area contributed by atoms with Gasteiger partial charge in [0.1, 0.15) is 19.1 Å². The van der Waals surface area contributed by atoms with Crippen LogP contribution in [0.15, 0.2) is 30.3 Å². The summed E-state index contributed by atoms with van der Waals surface area (Å²) in [5.41, 5.74) is 5.82. The predicted octanol–water partition coefficient (Wildman–Crippen LogP) is -0.777. The minimum Gasteiger partial charge on any atom is -0.368 e. The Morgan fingerprint density at radius 3 is 2.41 bits per heavy atom. The summed E-state index contributed by atoms with van der Waals surface area (Å²) in [6.45, 7) is -0.511. The highest BCUT2D eigenvalue weighted by Gasteiger charge is 2.35. The molecule has 22 heavy (non-hydrogen) atoms. The maximum Gasteiger partial charge on any atom is 0.327 e.